The van der Waals surface area contributed by atoms with Gasteiger partial charge in [-0.1, -0.05) is 0 Å². The Bertz CT molecular complexity index is 244. The summed E-state index contributed by atoms with van der Waals surface area (Å²) in [5, 5.41) is 0. The van der Waals surface area contributed by atoms with Crippen LogP contribution in [0.5, 0.6) is 0 Å². The molecule has 0 aromatic carbocycles. The van der Waals surface area contributed by atoms with Crippen LogP contribution >= 0.6 is 0 Å². The highest BCUT2D eigenvalue weighted by atomic mass is 16.1. The number of aliphatic imine (C=N–C) groups is 1. The lowest BCUT2D eigenvalue weighted by Crippen LogP contribution is -2.27. The van der Waals surface area contributed by atoms with Crippen LogP contribution in [-0.2, 0) is 4.79 Å². The number of rotatable bonds is 2. The van der Waals surface area contributed by atoms with Crippen LogP contribution < -0.4 is 0 Å². The maximum Gasteiger partial charge on any atom is 0.130 e. The highest BCUT2D eigenvalue weighted by molar-refractivity contribution is 5.89. The quantitative estimate of drug-likeness (QED) is 0.639. The Morgan fingerprint density at radius 1 is 1.54 bits per heavy atom. The van der Waals surface area contributed by atoms with Gasteiger partial charge in [0.05, 0.1) is 0 Å². The van der Waals surface area contributed by atoms with Crippen LogP contribution in [-0.4, -0.2) is 18.0 Å². The molecular formula is C11H17NO. The van der Waals surface area contributed by atoms with E-state index in [1.165, 1.54) is 31.4 Å². The standard InChI is InChI=1S/C11H17NO/c1-8(13)7-9-3-2-4-11-10(9)5-6-12-11/h9-10H,2-7H2,1H3/t9-,10-/m1/s1. The van der Waals surface area contributed by atoms with E-state index in [0.29, 0.717) is 17.6 Å². The molecule has 1 heterocycles. The van der Waals surface area contributed by atoms with Crippen LogP contribution in [0, 0.1) is 11.8 Å². The van der Waals surface area contributed by atoms with Gasteiger partial charge in [-0.3, -0.25) is 4.99 Å². The third kappa shape index (κ3) is 1.82. The van der Waals surface area contributed by atoms with Crippen molar-refractivity contribution < 1.29 is 4.79 Å². The first-order valence-corrected chi connectivity index (χ1v) is 5.30. The van der Waals surface area contributed by atoms with Crippen molar-refractivity contribution in [3.05, 3.63) is 0 Å². The Labute approximate surface area is 79.4 Å². The average Bonchev–Trinajstić information content (AvgIpc) is 2.51. The van der Waals surface area contributed by atoms with Crippen LogP contribution in [0.1, 0.15) is 39.0 Å². The Balaban J connectivity index is 2.03. The predicted octanol–water partition coefficient (Wildman–Crippen LogP) is 2.23. The van der Waals surface area contributed by atoms with Gasteiger partial charge in [0.2, 0.25) is 0 Å². The second-order valence-corrected chi connectivity index (χ2v) is 4.33. The number of fused-ring (bicyclic) bond motifs is 1. The van der Waals surface area contributed by atoms with Crippen molar-refractivity contribution in [2.75, 3.05) is 6.54 Å². The zero-order valence-corrected chi connectivity index (χ0v) is 8.25. The molecular weight excluding hydrogens is 162 g/mol. The van der Waals surface area contributed by atoms with Crippen LogP contribution in [0.15, 0.2) is 4.99 Å². The summed E-state index contributed by atoms with van der Waals surface area (Å²) in [6, 6.07) is 0. The minimum Gasteiger partial charge on any atom is -0.300 e. The van der Waals surface area contributed by atoms with Crippen molar-refractivity contribution in [1.29, 1.82) is 0 Å². The number of hydrogen-bond donors (Lipinski definition) is 0. The average molecular weight is 179 g/mol. The lowest BCUT2D eigenvalue weighted by molar-refractivity contribution is -0.118. The Morgan fingerprint density at radius 3 is 3.15 bits per heavy atom. The van der Waals surface area contributed by atoms with E-state index in [1.807, 2.05) is 0 Å². The largest absolute Gasteiger partial charge is 0.300 e. The van der Waals surface area contributed by atoms with Crippen molar-refractivity contribution in [3.63, 3.8) is 0 Å². The minimum absolute atomic E-state index is 0.346. The van der Waals surface area contributed by atoms with E-state index in [9.17, 15) is 4.79 Å². The predicted molar refractivity (Wildman–Crippen MR) is 53.0 cm³/mol. The van der Waals surface area contributed by atoms with Crippen molar-refractivity contribution in [1.82, 2.24) is 0 Å². The normalized spacial score (nSPS) is 32.5. The van der Waals surface area contributed by atoms with Gasteiger partial charge in [0.25, 0.3) is 0 Å². The minimum atomic E-state index is 0.346. The van der Waals surface area contributed by atoms with Crippen molar-refractivity contribution >= 4 is 11.5 Å². The number of carbonyl (C=O) groups is 1. The van der Waals surface area contributed by atoms with Gasteiger partial charge in [-0.05, 0) is 38.5 Å². The first-order valence-electron chi connectivity index (χ1n) is 5.30. The van der Waals surface area contributed by atoms with Crippen molar-refractivity contribution in [2.45, 2.75) is 39.0 Å². The number of Topliss-reactive ketones (excluding diaryl/α,β-unsaturated/α-hetero) is 1. The van der Waals surface area contributed by atoms with E-state index in [-0.39, 0.29) is 0 Å². The van der Waals surface area contributed by atoms with E-state index in [1.54, 1.807) is 6.92 Å². The number of hydrogen-bond acceptors (Lipinski definition) is 2. The summed E-state index contributed by atoms with van der Waals surface area (Å²) < 4.78 is 0. The van der Waals surface area contributed by atoms with Gasteiger partial charge < -0.3 is 4.79 Å². The molecule has 0 unspecified atom stereocenters. The van der Waals surface area contributed by atoms with Crippen LogP contribution in [0.2, 0.25) is 0 Å². The summed E-state index contributed by atoms with van der Waals surface area (Å²) in [5.74, 6) is 1.63. The molecule has 2 aliphatic rings. The summed E-state index contributed by atoms with van der Waals surface area (Å²) in [5.41, 5.74) is 1.41. The summed E-state index contributed by atoms with van der Waals surface area (Å²) in [6.07, 6.45) is 5.66. The Morgan fingerprint density at radius 2 is 2.38 bits per heavy atom. The van der Waals surface area contributed by atoms with Gasteiger partial charge in [-0.15, -0.1) is 0 Å². The monoisotopic (exact) mass is 179 g/mol. The van der Waals surface area contributed by atoms with Gasteiger partial charge in [0, 0.05) is 24.6 Å². The number of nitrogens with zero attached hydrogens (tertiary/aromatic N) is 1. The third-order valence-corrected chi connectivity index (χ3v) is 3.31. The molecule has 0 bridgehead atoms. The Kier molecular flexibility index (Phi) is 2.47. The topological polar surface area (TPSA) is 29.4 Å². The molecule has 1 aliphatic carbocycles. The summed E-state index contributed by atoms with van der Waals surface area (Å²) in [6.45, 7) is 2.72. The molecule has 0 N–H and O–H groups in total. The van der Waals surface area contributed by atoms with Gasteiger partial charge in [-0.25, -0.2) is 0 Å². The second kappa shape index (κ2) is 3.60. The third-order valence-electron chi connectivity index (χ3n) is 3.31. The number of carbonyl (C=O) groups excluding carboxylic acids is 1. The highest BCUT2D eigenvalue weighted by Crippen LogP contribution is 2.35. The summed E-state index contributed by atoms with van der Waals surface area (Å²) in [4.78, 5) is 15.6. The molecule has 1 fully saturated rings. The lowest BCUT2D eigenvalue weighted by atomic mass is 9.75. The fraction of sp³-hybridized carbons (Fsp3) is 0.818. The van der Waals surface area contributed by atoms with Crippen LogP contribution in [0.4, 0.5) is 0 Å². The number of ketones is 1. The van der Waals surface area contributed by atoms with Gasteiger partial charge in [0.1, 0.15) is 5.78 Å². The molecule has 0 radical (unpaired) electrons. The molecule has 2 rings (SSSR count). The van der Waals surface area contributed by atoms with Gasteiger partial charge in [0.15, 0.2) is 0 Å². The molecule has 0 aromatic heterocycles. The van der Waals surface area contributed by atoms with E-state index in [0.717, 1.165) is 13.0 Å². The molecule has 2 atom stereocenters. The lowest BCUT2D eigenvalue weighted by Gasteiger charge is -2.28. The van der Waals surface area contributed by atoms with E-state index in [2.05, 4.69) is 4.99 Å². The molecule has 72 valence electrons. The molecule has 13 heavy (non-hydrogen) atoms. The van der Waals surface area contributed by atoms with Crippen LogP contribution in [0.25, 0.3) is 0 Å². The summed E-state index contributed by atoms with van der Waals surface area (Å²) >= 11 is 0. The summed E-state index contributed by atoms with van der Waals surface area (Å²) in [7, 11) is 0. The highest BCUT2D eigenvalue weighted by Gasteiger charge is 2.32. The van der Waals surface area contributed by atoms with Gasteiger partial charge in [-0.2, -0.15) is 0 Å². The molecule has 2 nitrogen and oxygen atoms in total. The van der Waals surface area contributed by atoms with Crippen LogP contribution in [0.3, 0.4) is 0 Å². The molecule has 0 aromatic rings. The second-order valence-electron chi connectivity index (χ2n) is 4.33. The molecule has 0 amide bonds. The van der Waals surface area contributed by atoms with Crippen molar-refractivity contribution in [3.8, 4) is 0 Å². The Hall–Kier alpha value is -0.660. The SMILES string of the molecule is CC(=O)C[C@H]1CCCC2=NCC[C@@H]21. The molecule has 0 spiro atoms. The molecule has 2 heteroatoms. The zero-order valence-electron chi connectivity index (χ0n) is 8.25. The van der Waals surface area contributed by atoms with E-state index in [4.69, 9.17) is 0 Å². The smallest absolute Gasteiger partial charge is 0.130 e. The van der Waals surface area contributed by atoms with E-state index < -0.39 is 0 Å². The molecule has 1 aliphatic heterocycles. The maximum atomic E-state index is 11.1. The maximum absolute atomic E-state index is 11.1. The fourth-order valence-corrected chi connectivity index (χ4v) is 2.76. The first-order chi connectivity index (χ1) is 6.27. The van der Waals surface area contributed by atoms with Crippen molar-refractivity contribution in [2.24, 2.45) is 16.8 Å². The van der Waals surface area contributed by atoms with E-state index >= 15 is 0 Å². The first kappa shape index (κ1) is 8.92. The zero-order chi connectivity index (χ0) is 9.26. The molecule has 1 saturated carbocycles. The fourth-order valence-electron chi connectivity index (χ4n) is 2.76. The van der Waals surface area contributed by atoms with Gasteiger partial charge >= 0.3 is 0 Å². The molecule has 0 saturated heterocycles.